The van der Waals surface area contributed by atoms with Crippen molar-refractivity contribution >= 4 is 0 Å². The monoisotopic (exact) mass is 276 g/mol. The van der Waals surface area contributed by atoms with Gasteiger partial charge in [0.05, 0.1) is 6.61 Å². The Morgan fingerprint density at radius 3 is 2.75 bits per heavy atom. The van der Waals surface area contributed by atoms with Gasteiger partial charge in [-0.15, -0.1) is 0 Å². The van der Waals surface area contributed by atoms with Gasteiger partial charge < -0.3 is 10.1 Å². The molecule has 0 aromatic heterocycles. The second-order valence-corrected chi connectivity index (χ2v) is 5.47. The Morgan fingerprint density at radius 2 is 2.05 bits per heavy atom. The molecule has 0 unspecified atom stereocenters. The lowest BCUT2D eigenvalue weighted by atomic mass is 9.96. The molecule has 2 rings (SSSR count). The van der Waals surface area contributed by atoms with E-state index in [9.17, 15) is 0 Å². The van der Waals surface area contributed by atoms with Gasteiger partial charge in [-0.1, -0.05) is 19.9 Å². The Morgan fingerprint density at radius 1 is 1.20 bits per heavy atom. The maximum absolute atomic E-state index is 5.84. The average molecular weight is 276 g/mol. The van der Waals surface area contributed by atoms with Gasteiger partial charge >= 0.3 is 0 Å². The highest BCUT2D eigenvalue weighted by Crippen LogP contribution is 2.28. The quantitative estimate of drug-likeness (QED) is 0.828. The van der Waals surface area contributed by atoms with Gasteiger partial charge in [0.25, 0.3) is 0 Å². The third-order valence-electron chi connectivity index (χ3n) is 3.88. The lowest BCUT2D eigenvalue weighted by molar-refractivity contribution is 0.253. The normalized spacial score (nSPS) is 15.2. The summed E-state index contributed by atoms with van der Waals surface area (Å²) < 4.78 is 5.84. The minimum Gasteiger partial charge on any atom is -0.494 e. The van der Waals surface area contributed by atoms with Crippen molar-refractivity contribution in [1.82, 2.24) is 10.2 Å². The second kappa shape index (κ2) is 7.65. The fourth-order valence-electron chi connectivity index (χ4n) is 2.89. The van der Waals surface area contributed by atoms with Crippen LogP contribution in [0, 0.1) is 0 Å². The van der Waals surface area contributed by atoms with Crippen molar-refractivity contribution in [3.8, 4) is 5.75 Å². The molecule has 1 aliphatic rings. The van der Waals surface area contributed by atoms with Gasteiger partial charge in [0.2, 0.25) is 0 Å². The largest absolute Gasteiger partial charge is 0.494 e. The first-order chi connectivity index (χ1) is 9.78. The standard InChI is InChI=1S/C17H28N2O/c1-4-8-19-9-7-14-10-15(12-18-5-2)17(20-6-3)11-16(14)13-19/h10-11,18H,4-9,12-13H2,1-3H3. The molecular weight excluding hydrogens is 248 g/mol. The van der Waals surface area contributed by atoms with E-state index in [1.54, 1.807) is 0 Å². The molecule has 0 amide bonds. The molecule has 0 radical (unpaired) electrons. The molecule has 1 aromatic rings. The van der Waals surface area contributed by atoms with Crippen LogP contribution in [0.1, 0.15) is 43.9 Å². The number of nitrogens with zero attached hydrogens (tertiary/aromatic N) is 1. The molecule has 0 atom stereocenters. The molecule has 1 N–H and O–H groups in total. The number of nitrogens with one attached hydrogen (secondary N) is 1. The molecule has 0 bridgehead atoms. The molecule has 1 heterocycles. The molecule has 0 spiro atoms. The van der Waals surface area contributed by atoms with E-state index >= 15 is 0 Å². The summed E-state index contributed by atoms with van der Waals surface area (Å²) in [5.74, 6) is 1.06. The highest BCUT2D eigenvalue weighted by molar-refractivity contribution is 5.44. The van der Waals surface area contributed by atoms with Crippen LogP contribution in [0.3, 0.4) is 0 Å². The first kappa shape index (κ1) is 15.3. The van der Waals surface area contributed by atoms with Crippen LogP contribution < -0.4 is 10.1 Å². The van der Waals surface area contributed by atoms with Crippen LogP contribution in [-0.2, 0) is 19.5 Å². The van der Waals surface area contributed by atoms with Crippen LogP contribution in [0.4, 0.5) is 0 Å². The maximum atomic E-state index is 5.84. The van der Waals surface area contributed by atoms with Crippen LogP contribution in [0.2, 0.25) is 0 Å². The summed E-state index contributed by atoms with van der Waals surface area (Å²) in [6.45, 7) is 12.5. The Bertz CT molecular complexity index is 431. The summed E-state index contributed by atoms with van der Waals surface area (Å²) in [5.41, 5.74) is 4.26. The van der Waals surface area contributed by atoms with Crippen LogP contribution >= 0.6 is 0 Å². The fraction of sp³-hybridized carbons (Fsp3) is 0.647. The fourth-order valence-corrected chi connectivity index (χ4v) is 2.89. The van der Waals surface area contributed by atoms with Crippen molar-refractivity contribution in [2.75, 3.05) is 26.2 Å². The molecule has 0 saturated carbocycles. The number of fused-ring (bicyclic) bond motifs is 1. The maximum Gasteiger partial charge on any atom is 0.124 e. The molecule has 0 fully saturated rings. The second-order valence-electron chi connectivity index (χ2n) is 5.47. The van der Waals surface area contributed by atoms with Gasteiger partial charge in [-0.3, -0.25) is 4.90 Å². The van der Waals surface area contributed by atoms with E-state index in [0.717, 1.165) is 32.0 Å². The topological polar surface area (TPSA) is 24.5 Å². The first-order valence-corrected chi connectivity index (χ1v) is 7.99. The highest BCUT2D eigenvalue weighted by atomic mass is 16.5. The third-order valence-corrected chi connectivity index (χ3v) is 3.88. The number of benzene rings is 1. The summed E-state index contributed by atoms with van der Waals surface area (Å²) in [4.78, 5) is 2.54. The number of hydrogen-bond acceptors (Lipinski definition) is 3. The van der Waals surface area contributed by atoms with Crippen molar-refractivity contribution in [3.63, 3.8) is 0 Å². The van der Waals surface area contributed by atoms with Crippen molar-refractivity contribution in [2.45, 2.75) is 46.7 Å². The Hall–Kier alpha value is -1.06. The van der Waals surface area contributed by atoms with E-state index in [0.29, 0.717) is 0 Å². The number of rotatable bonds is 7. The first-order valence-electron chi connectivity index (χ1n) is 7.99. The molecule has 3 heteroatoms. The molecule has 0 aliphatic carbocycles. The lowest BCUT2D eigenvalue weighted by Gasteiger charge is -2.29. The van der Waals surface area contributed by atoms with Crippen LogP contribution in [-0.4, -0.2) is 31.1 Å². The van der Waals surface area contributed by atoms with Gasteiger partial charge in [0.15, 0.2) is 0 Å². The predicted octanol–water partition coefficient (Wildman–Crippen LogP) is 2.96. The molecule has 3 nitrogen and oxygen atoms in total. The zero-order chi connectivity index (χ0) is 14.4. The average Bonchev–Trinajstić information content (AvgIpc) is 2.46. The zero-order valence-corrected chi connectivity index (χ0v) is 13.2. The minimum atomic E-state index is 0.733. The Labute approximate surface area is 123 Å². The van der Waals surface area contributed by atoms with E-state index in [2.05, 4.69) is 43.1 Å². The Kier molecular flexibility index (Phi) is 5.86. The predicted molar refractivity (Wildman–Crippen MR) is 84.3 cm³/mol. The van der Waals surface area contributed by atoms with E-state index in [4.69, 9.17) is 4.74 Å². The molecule has 20 heavy (non-hydrogen) atoms. The van der Waals surface area contributed by atoms with Crippen molar-refractivity contribution in [2.24, 2.45) is 0 Å². The van der Waals surface area contributed by atoms with Gasteiger partial charge in [-0.25, -0.2) is 0 Å². The van der Waals surface area contributed by atoms with Gasteiger partial charge in [-0.2, -0.15) is 0 Å². The summed E-state index contributed by atoms with van der Waals surface area (Å²) in [7, 11) is 0. The third kappa shape index (κ3) is 3.74. The van der Waals surface area contributed by atoms with Gasteiger partial charge in [0, 0.05) is 25.2 Å². The molecule has 1 aromatic carbocycles. The van der Waals surface area contributed by atoms with Gasteiger partial charge in [0.1, 0.15) is 5.75 Å². The summed E-state index contributed by atoms with van der Waals surface area (Å²) in [6, 6.07) is 4.62. The van der Waals surface area contributed by atoms with Crippen molar-refractivity contribution in [1.29, 1.82) is 0 Å². The minimum absolute atomic E-state index is 0.733. The van der Waals surface area contributed by atoms with E-state index in [1.807, 2.05) is 0 Å². The summed E-state index contributed by atoms with van der Waals surface area (Å²) >= 11 is 0. The summed E-state index contributed by atoms with van der Waals surface area (Å²) in [6.07, 6.45) is 2.40. The Balaban J connectivity index is 2.20. The smallest absolute Gasteiger partial charge is 0.124 e. The van der Waals surface area contributed by atoms with E-state index in [1.165, 1.54) is 42.6 Å². The van der Waals surface area contributed by atoms with Crippen LogP contribution in [0.5, 0.6) is 5.75 Å². The lowest BCUT2D eigenvalue weighted by Crippen LogP contribution is -2.31. The van der Waals surface area contributed by atoms with Crippen LogP contribution in [0.15, 0.2) is 12.1 Å². The molecule has 112 valence electrons. The summed E-state index contributed by atoms with van der Waals surface area (Å²) in [5, 5.41) is 3.41. The van der Waals surface area contributed by atoms with E-state index < -0.39 is 0 Å². The van der Waals surface area contributed by atoms with E-state index in [-0.39, 0.29) is 0 Å². The van der Waals surface area contributed by atoms with Gasteiger partial charge in [-0.05, 0) is 50.0 Å². The van der Waals surface area contributed by atoms with Crippen molar-refractivity contribution in [3.05, 3.63) is 28.8 Å². The van der Waals surface area contributed by atoms with Crippen LogP contribution in [0.25, 0.3) is 0 Å². The molecule has 1 aliphatic heterocycles. The molecular formula is C17H28N2O. The highest BCUT2D eigenvalue weighted by Gasteiger charge is 2.18. The number of hydrogen-bond donors (Lipinski definition) is 1. The SMILES string of the molecule is CCCN1CCc2cc(CNCC)c(OCC)cc2C1. The number of ether oxygens (including phenoxy) is 1. The molecule has 0 saturated heterocycles. The van der Waals surface area contributed by atoms with Crippen molar-refractivity contribution < 1.29 is 4.74 Å². The zero-order valence-electron chi connectivity index (χ0n) is 13.2.